The molecule has 0 saturated heterocycles. The van der Waals surface area contributed by atoms with E-state index in [9.17, 15) is 0 Å². The van der Waals surface area contributed by atoms with Crippen LogP contribution in [0.1, 0.15) is 39.0 Å². The van der Waals surface area contributed by atoms with Crippen molar-refractivity contribution in [2.45, 2.75) is 45.1 Å². The minimum Gasteiger partial charge on any atom is -0.328 e. The van der Waals surface area contributed by atoms with Crippen molar-refractivity contribution < 1.29 is 0 Å². The van der Waals surface area contributed by atoms with Gasteiger partial charge in [-0.15, -0.1) is 0 Å². The van der Waals surface area contributed by atoms with Gasteiger partial charge in [-0.1, -0.05) is 6.92 Å². The average Bonchev–Trinajstić information content (AvgIpc) is 2.01. The molecule has 0 heterocycles. The molecule has 0 aromatic carbocycles. The third-order valence-corrected chi connectivity index (χ3v) is 4.79. The van der Waals surface area contributed by atoms with Gasteiger partial charge in [0.1, 0.15) is 0 Å². The highest BCUT2D eigenvalue weighted by molar-refractivity contribution is 5.11. The summed E-state index contributed by atoms with van der Waals surface area (Å²) in [4.78, 5) is 0. The summed E-state index contributed by atoms with van der Waals surface area (Å²) in [5, 5.41) is 0. The van der Waals surface area contributed by atoms with Gasteiger partial charge in [-0.05, 0) is 55.3 Å². The van der Waals surface area contributed by atoms with Crippen molar-refractivity contribution >= 4 is 0 Å². The van der Waals surface area contributed by atoms with Crippen LogP contribution in [-0.4, -0.2) is 6.04 Å². The zero-order valence-corrected chi connectivity index (χ0v) is 7.92. The normalized spacial score (nSPS) is 62.5. The Morgan fingerprint density at radius 2 is 1.92 bits per heavy atom. The van der Waals surface area contributed by atoms with Gasteiger partial charge < -0.3 is 5.73 Å². The van der Waals surface area contributed by atoms with Crippen molar-refractivity contribution in [3.63, 3.8) is 0 Å². The summed E-state index contributed by atoms with van der Waals surface area (Å²) in [6, 6.07) is 0.533. The summed E-state index contributed by atoms with van der Waals surface area (Å²) in [5.74, 6) is 3.18. The second kappa shape index (κ2) is 2.06. The van der Waals surface area contributed by atoms with Crippen molar-refractivity contribution in [1.82, 2.24) is 0 Å². The van der Waals surface area contributed by atoms with E-state index in [1.165, 1.54) is 32.1 Å². The molecule has 1 heteroatoms. The molecule has 5 atom stereocenters. The molecule has 3 saturated carbocycles. The number of nitrogens with two attached hydrogens (primary N) is 1. The topological polar surface area (TPSA) is 26.0 Å². The second-order valence-corrected chi connectivity index (χ2v) is 5.68. The van der Waals surface area contributed by atoms with Gasteiger partial charge in [0.2, 0.25) is 0 Å². The molecule has 12 heavy (non-hydrogen) atoms. The van der Waals surface area contributed by atoms with E-state index in [-0.39, 0.29) is 0 Å². The predicted molar refractivity (Wildman–Crippen MR) is 49.6 cm³/mol. The molecule has 0 radical (unpaired) electrons. The van der Waals surface area contributed by atoms with Crippen molar-refractivity contribution in [3.8, 4) is 0 Å². The molecule has 3 rings (SSSR count). The third-order valence-electron chi connectivity index (χ3n) is 4.79. The molecule has 0 aliphatic heterocycles. The van der Waals surface area contributed by atoms with Crippen molar-refractivity contribution in [2.24, 2.45) is 28.9 Å². The maximum Gasteiger partial charge on any atom is 0.00416 e. The highest BCUT2D eigenvalue weighted by atomic mass is 14.7. The Kier molecular flexibility index (Phi) is 1.27. The molecular formula is C11H19N. The second-order valence-electron chi connectivity index (χ2n) is 5.68. The molecule has 2 N–H and O–H groups in total. The molecule has 0 amide bonds. The third kappa shape index (κ3) is 0.736. The van der Waals surface area contributed by atoms with Gasteiger partial charge in [-0.2, -0.15) is 0 Å². The molecule has 0 aromatic rings. The van der Waals surface area contributed by atoms with Crippen LogP contribution >= 0.6 is 0 Å². The highest BCUT2D eigenvalue weighted by Crippen LogP contribution is 2.69. The molecule has 3 aliphatic carbocycles. The van der Waals surface area contributed by atoms with Gasteiger partial charge in [-0.3, -0.25) is 0 Å². The lowest BCUT2D eigenvalue weighted by Crippen LogP contribution is -2.58. The van der Waals surface area contributed by atoms with E-state index in [0.29, 0.717) is 6.04 Å². The first kappa shape index (κ1) is 7.37. The maximum absolute atomic E-state index is 6.05. The summed E-state index contributed by atoms with van der Waals surface area (Å²) in [7, 11) is 0. The minimum atomic E-state index is 0.533. The van der Waals surface area contributed by atoms with Gasteiger partial charge in [0.25, 0.3) is 0 Å². The fourth-order valence-electron chi connectivity index (χ4n) is 4.46. The number of rotatable bonds is 0. The standard InChI is InChI=1S/C11H19N/c1-11-5-7-2-3-9(12)4-8(6-11)10(7)11/h7-10H,2-6,12H2,1H3/t7-,8-,9+,10?,11-/m0/s1. The van der Waals surface area contributed by atoms with E-state index in [0.717, 1.165) is 23.2 Å². The highest BCUT2D eigenvalue weighted by Gasteiger charge is 2.62. The maximum atomic E-state index is 6.05. The summed E-state index contributed by atoms with van der Waals surface area (Å²) >= 11 is 0. The Labute approximate surface area is 74.7 Å². The van der Waals surface area contributed by atoms with E-state index < -0.39 is 0 Å². The molecule has 0 aromatic heterocycles. The fourth-order valence-corrected chi connectivity index (χ4v) is 4.46. The molecule has 1 unspecified atom stereocenters. The van der Waals surface area contributed by atoms with Crippen LogP contribution in [0.3, 0.4) is 0 Å². The van der Waals surface area contributed by atoms with Crippen LogP contribution in [0.4, 0.5) is 0 Å². The first-order valence-corrected chi connectivity index (χ1v) is 5.45. The van der Waals surface area contributed by atoms with Crippen LogP contribution in [-0.2, 0) is 0 Å². The molecule has 3 fully saturated rings. The molecule has 0 spiro atoms. The molecular weight excluding hydrogens is 146 g/mol. The van der Waals surface area contributed by atoms with E-state index >= 15 is 0 Å². The Morgan fingerprint density at radius 1 is 1.17 bits per heavy atom. The largest absolute Gasteiger partial charge is 0.328 e. The molecule has 0 bridgehead atoms. The fraction of sp³-hybridized carbons (Fsp3) is 1.00. The van der Waals surface area contributed by atoms with Crippen LogP contribution in [0, 0.1) is 23.2 Å². The summed E-state index contributed by atoms with van der Waals surface area (Å²) in [5.41, 5.74) is 6.82. The zero-order chi connectivity index (χ0) is 8.34. The minimum absolute atomic E-state index is 0.533. The summed E-state index contributed by atoms with van der Waals surface area (Å²) < 4.78 is 0. The lowest BCUT2D eigenvalue weighted by atomic mass is 9.39. The van der Waals surface area contributed by atoms with Crippen molar-refractivity contribution in [3.05, 3.63) is 0 Å². The van der Waals surface area contributed by atoms with Gasteiger partial charge in [0.15, 0.2) is 0 Å². The predicted octanol–water partition coefficient (Wildman–Crippen LogP) is 2.16. The van der Waals surface area contributed by atoms with E-state index in [1.54, 1.807) is 0 Å². The van der Waals surface area contributed by atoms with Crippen LogP contribution < -0.4 is 5.73 Å². The Balaban J connectivity index is 1.80. The average molecular weight is 165 g/mol. The number of hydrogen-bond acceptors (Lipinski definition) is 1. The van der Waals surface area contributed by atoms with Crippen molar-refractivity contribution in [2.75, 3.05) is 0 Å². The van der Waals surface area contributed by atoms with E-state index in [2.05, 4.69) is 6.92 Å². The quantitative estimate of drug-likeness (QED) is 0.585. The SMILES string of the molecule is C[C@]12C[C@@H]3CC[C@@H](N)C[C@@H](C1)C32. The summed E-state index contributed by atoms with van der Waals surface area (Å²) in [6.07, 6.45) is 7.06. The molecule has 3 aliphatic rings. The smallest absolute Gasteiger partial charge is 0.00416 e. The first-order chi connectivity index (χ1) is 5.69. The van der Waals surface area contributed by atoms with Crippen LogP contribution in [0.25, 0.3) is 0 Å². The zero-order valence-electron chi connectivity index (χ0n) is 7.92. The molecule has 68 valence electrons. The van der Waals surface area contributed by atoms with Crippen molar-refractivity contribution in [1.29, 1.82) is 0 Å². The Morgan fingerprint density at radius 3 is 2.67 bits per heavy atom. The summed E-state index contributed by atoms with van der Waals surface area (Å²) in [6.45, 7) is 2.49. The van der Waals surface area contributed by atoms with Crippen LogP contribution in [0.15, 0.2) is 0 Å². The monoisotopic (exact) mass is 165 g/mol. The van der Waals surface area contributed by atoms with E-state index in [1.807, 2.05) is 0 Å². The Hall–Kier alpha value is -0.0400. The van der Waals surface area contributed by atoms with Gasteiger partial charge in [-0.25, -0.2) is 0 Å². The van der Waals surface area contributed by atoms with Crippen LogP contribution in [0.2, 0.25) is 0 Å². The Bertz CT molecular complexity index is 213. The van der Waals surface area contributed by atoms with Crippen LogP contribution in [0.5, 0.6) is 0 Å². The molecule has 1 nitrogen and oxygen atoms in total. The van der Waals surface area contributed by atoms with E-state index in [4.69, 9.17) is 5.73 Å². The lowest BCUT2D eigenvalue weighted by molar-refractivity contribution is -0.170. The first-order valence-electron chi connectivity index (χ1n) is 5.45. The number of hydrogen-bond donors (Lipinski definition) is 1. The van der Waals surface area contributed by atoms with Gasteiger partial charge in [0, 0.05) is 6.04 Å². The van der Waals surface area contributed by atoms with Gasteiger partial charge >= 0.3 is 0 Å². The van der Waals surface area contributed by atoms with Gasteiger partial charge in [0.05, 0.1) is 0 Å². The lowest BCUT2D eigenvalue weighted by Gasteiger charge is -2.66.